The lowest BCUT2D eigenvalue weighted by Crippen LogP contribution is -2.21. The van der Waals surface area contributed by atoms with Crippen LogP contribution in [0.15, 0.2) is 65.7 Å². The molecule has 0 saturated heterocycles. The number of fused-ring (bicyclic) bond motifs is 1. The predicted molar refractivity (Wildman–Crippen MR) is 113 cm³/mol. The molecular formula is C22H19N3O2S. The topological polar surface area (TPSA) is 64.0 Å². The molecule has 0 atom stereocenters. The maximum Gasteiger partial charge on any atom is 0.266 e. The summed E-state index contributed by atoms with van der Waals surface area (Å²) in [4.78, 5) is 31.3. The third-order valence-electron chi connectivity index (χ3n) is 4.60. The van der Waals surface area contributed by atoms with Gasteiger partial charge in [0.15, 0.2) is 0 Å². The van der Waals surface area contributed by atoms with Gasteiger partial charge in [0.1, 0.15) is 4.83 Å². The van der Waals surface area contributed by atoms with E-state index in [4.69, 9.17) is 0 Å². The summed E-state index contributed by atoms with van der Waals surface area (Å²) in [6, 6.07) is 17.4. The van der Waals surface area contributed by atoms with Crippen molar-refractivity contribution in [3.05, 3.63) is 92.8 Å². The highest BCUT2D eigenvalue weighted by atomic mass is 32.1. The number of thiophene rings is 1. The van der Waals surface area contributed by atoms with Gasteiger partial charge < -0.3 is 5.32 Å². The van der Waals surface area contributed by atoms with Gasteiger partial charge in [0.2, 0.25) is 0 Å². The fourth-order valence-electron chi connectivity index (χ4n) is 3.18. The molecule has 1 amide bonds. The zero-order chi connectivity index (χ0) is 19.7. The number of amides is 1. The van der Waals surface area contributed by atoms with Crippen molar-refractivity contribution >= 4 is 33.1 Å². The van der Waals surface area contributed by atoms with Gasteiger partial charge in [-0.15, -0.1) is 11.3 Å². The largest absolute Gasteiger partial charge is 0.321 e. The molecule has 0 aliphatic heterocycles. The Morgan fingerprint density at radius 2 is 1.89 bits per heavy atom. The fraction of sp³-hybridized carbons (Fsp3) is 0.136. The Balaban J connectivity index is 1.69. The van der Waals surface area contributed by atoms with Crippen LogP contribution in [0.25, 0.3) is 10.2 Å². The normalized spacial score (nSPS) is 10.9. The van der Waals surface area contributed by atoms with Crippen molar-refractivity contribution in [2.75, 3.05) is 5.32 Å². The summed E-state index contributed by atoms with van der Waals surface area (Å²) in [6.07, 6.45) is 1.55. The lowest BCUT2D eigenvalue weighted by atomic mass is 10.2. The van der Waals surface area contributed by atoms with E-state index in [1.54, 1.807) is 17.8 Å². The Morgan fingerprint density at radius 1 is 1.11 bits per heavy atom. The van der Waals surface area contributed by atoms with Crippen molar-refractivity contribution < 1.29 is 4.79 Å². The van der Waals surface area contributed by atoms with Gasteiger partial charge in [0, 0.05) is 5.69 Å². The van der Waals surface area contributed by atoms with E-state index >= 15 is 0 Å². The number of aromatic nitrogens is 2. The molecule has 0 aliphatic carbocycles. The third-order valence-corrected chi connectivity index (χ3v) is 5.79. The minimum atomic E-state index is -0.222. The summed E-state index contributed by atoms with van der Waals surface area (Å²) in [5, 5.41) is 3.42. The Kier molecular flexibility index (Phi) is 4.79. The van der Waals surface area contributed by atoms with Crippen molar-refractivity contribution in [2.24, 2.45) is 0 Å². The van der Waals surface area contributed by atoms with Crippen LogP contribution < -0.4 is 10.9 Å². The van der Waals surface area contributed by atoms with Crippen LogP contribution in [0.5, 0.6) is 0 Å². The van der Waals surface area contributed by atoms with Crippen LogP contribution in [0, 0.1) is 13.8 Å². The SMILES string of the molecule is Cc1cccc(NC(=O)c2sc3ncn(Cc4ccccc4)c(=O)c3c2C)c1. The second kappa shape index (κ2) is 7.40. The number of nitrogens with one attached hydrogen (secondary N) is 1. The van der Waals surface area contributed by atoms with Crippen LogP contribution in [-0.4, -0.2) is 15.5 Å². The average Bonchev–Trinajstić information content (AvgIpc) is 3.02. The fourth-order valence-corrected chi connectivity index (χ4v) is 4.21. The van der Waals surface area contributed by atoms with Crippen molar-refractivity contribution in [2.45, 2.75) is 20.4 Å². The quantitative estimate of drug-likeness (QED) is 0.563. The molecule has 0 aliphatic rings. The molecule has 2 aromatic carbocycles. The van der Waals surface area contributed by atoms with Gasteiger partial charge in [-0.05, 0) is 42.7 Å². The first-order chi connectivity index (χ1) is 13.5. The summed E-state index contributed by atoms with van der Waals surface area (Å²) < 4.78 is 1.58. The lowest BCUT2D eigenvalue weighted by Gasteiger charge is -2.06. The van der Waals surface area contributed by atoms with Crippen molar-refractivity contribution in [3.63, 3.8) is 0 Å². The molecule has 0 fully saturated rings. The second-order valence-corrected chi connectivity index (χ2v) is 7.72. The van der Waals surface area contributed by atoms with Crippen molar-refractivity contribution in [3.8, 4) is 0 Å². The number of carbonyl (C=O) groups excluding carboxylic acids is 1. The third kappa shape index (κ3) is 3.46. The highest BCUT2D eigenvalue weighted by Gasteiger charge is 2.19. The Morgan fingerprint density at radius 3 is 2.64 bits per heavy atom. The summed E-state index contributed by atoms with van der Waals surface area (Å²) in [6.45, 7) is 4.22. The first kappa shape index (κ1) is 18.1. The van der Waals surface area contributed by atoms with Crippen LogP contribution in [-0.2, 0) is 6.54 Å². The molecule has 2 heterocycles. The van der Waals surface area contributed by atoms with Gasteiger partial charge in [-0.25, -0.2) is 4.98 Å². The molecular weight excluding hydrogens is 370 g/mol. The number of nitrogens with zero attached hydrogens (tertiary/aromatic N) is 2. The van der Waals surface area contributed by atoms with E-state index in [-0.39, 0.29) is 11.5 Å². The first-order valence-corrected chi connectivity index (χ1v) is 9.75. The molecule has 0 spiro atoms. The minimum Gasteiger partial charge on any atom is -0.321 e. The number of aryl methyl sites for hydroxylation is 2. The maximum atomic E-state index is 13.0. The van der Waals surface area contributed by atoms with Gasteiger partial charge in [-0.3, -0.25) is 14.2 Å². The number of carbonyl (C=O) groups is 1. The number of benzene rings is 2. The van der Waals surface area contributed by atoms with Gasteiger partial charge >= 0.3 is 0 Å². The highest BCUT2D eigenvalue weighted by Crippen LogP contribution is 2.27. The van der Waals surface area contributed by atoms with E-state index in [2.05, 4.69) is 10.3 Å². The van der Waals surface area contributed by atoms with Crippen molar-refractivity contribution in [1.29, 1.82) is 0 Å². The van der Waals surface area contributed by atoms with E-state index in [0.717, 1.165) is 16.8 Å². The lowest BCUT2D eigenvalue weighted by molar-refractivity contribution is 0.103. The molecule has 0 unspecified atom stereocenters. The second-order valence-electron chi connectivity index (χ2n) is 6.72. The number of hydrogen-bond acceptors (Lipinski definition) is 4. The van der Waals surface area contributed by atoms with E-state index in [9.17, 15) is 9.59 Å². The summed E-state index contributed by atoms with van der Waals surface area (Å²) >= 11 is 1.25. The van der Waals surface area contributed by atoms with Gasteiger partial charge in [-0.2, -0.15) is 0 Å². The van der Waals surface area contributed by atoms with E-state index in [1.807, 2.05) is 61.5 Å². The van der Waals surface area contributed by atoms with Crippen LogP contribution >= 0.6 is 11.3 Å². The predicted octanol–water partition coefficient (Wildman–Crippen LogP) is 4.38. The monoisotopic (exact) mass is 389 g/mol. The standard InChI is InChI=1S/C22H19N3O2S/c1-14-7-6-10-17(11-14)24-20(26)19-15(2)18-21(28-19)23-13-25(22(18)27)12-16-8-4-3-5-9-16/h3-11,13H,12H2,1-2H3,(H,24,26). The first-order valence-electron chi connectivity index (χ1n) is 8.93. The van der Waals surface area contributed by atoms with E-state index in [0.29, 0.717) is 27.2 Å². The van der Waals surface area contributed by atoms with Gasteiger partial charge in [0.05, 0.1) is 23.1 Å². The molecule has 5 nitrogen and oxygen atoms in total. The molecule has 4 aromatic rings. The summed E-state index contributed by atoms with van der Waals surface area (Å²) in [5.41, 5.74) is 3.37. The van der Waals surface area contributed by atoms with Gasteiger partial charge in [-0.1, -0.05) is 42.5 Å². The molecule has 1 N–H and O–H groups in total. The molecule has 6 heteroatoms. The Labute approximate surface area is 166 Å². The smallest absolute Gasteiger partial charge is 0.266 e. The van der Waals surface area contributed by atoms with Crippen molar-refractivity contribution in [1.82, 2.24) is 9.55 Å². The Hall–Kier alpha value is -3.25. The number of rotatable bonds is 4. The maximum absolute atomic E-state index is 13.0. The molecule has 0 bridgehead atoms. The van der Waals surface area contributed by atoms with E-state index < -0.39 is 0 Å². The van der Waals surface area contributed by atoms with Crippen LogP contribution in [0.2, 0.25) is 0 Å². The Bertz CT molecular complexity index is 1230. The minimum absolute atomic E-state index is 0.128. The summed E-state index contributed by atoms with van der Waals surface area (Å²) in [7, 11) is 0. The molecule has 28 heavy (non-hydrogen) atoms. The molecule has 140 valence electrons. The zero-order valence-electron chi connectivity index (χ0n) is 15.6. The van der Waals surface area contributed by atoms with Crippen LogP contribution in [0.3, 0.4) is 0 Å². The summed E-state index contributed by atoms with van der Waals surface area (Å²) in [5.74, 6) is -0.222. The highest BCUT2D eigenvalue weighted by molar-refractivity contribution is 7.20. The average molecular weight is 389 g/mol. The molecule has 4 rings (SSSR count). The van der Waals surface area contributed by atoms with Gasteiger partial charge in [0.25, 0.3) is 11.5 Å². The van der Waals surface area contributed by atoms with Crippen LogP contribution in [0.1, 0.15) is 26.4 Å². The molecule has 0 radical (unpaired) electrons. The molecule has 2 aromatic heterocycles. The number of anilines is 1. The van der Waals surface area contributed by atoms with E-state index in [1.165, 1.54) is 11.3 Å². The number of hydrogen-bond donors (Lipinski definition) is 1. The van der Waals surface area contributed by atoms with Crippen LogP contribution in [0.4, 0.5) is 5.69 Å². The molecule has 0 saturated carbocycles. The zero-order valence-corrected chi connectivity index (χ0v) is 16.4.